The monoisotopic (exact) mass is 510 g/mol. The molecule has 8 heteroatoms. The van der Waals surface area contributed by atoms with E-state index in [4.69, 9.17) is 4.74 Å². The van der Waals surface area contributed by atoms with E-state index in [1.54, 1.807) is 43.5 Å². The Bertz CT molecular complexity index is 1100. The summed E-state index contributed by atoms with van der Waals surface area (Å²) in [4.78, 5) is 34.5. The number of allylic oxidation sites excluding steroid dienone is 4. The lowest BCUT2D eigenvalue weighted by Crippen LogP contribution is -2.47. The zero-order chi connectivity index (χ0) is 27.4. The van der Waals surface area contributed by atoms with Gasteiger partial charge in [0.15, 0.2) is 11.6 Å². The fraction of sp³-hybridized carbons (Fsp3) is 0.345. The first-order chi connectivity index (χ1) is 17.7. The number of methoxy groups -OCH3 is 1. The lowest BCUT2D eigenvalue weighted by Gasteiger charge is -2.31. The first kappa shape index (κ1) is 29.5. The van der Waals surface area contributed by atoms with E-state index in [2.05, 4.69) is 6.92 Å². The van der Waals surface area contributed by atoms with Gasteiger partial charge in [-0.2, -0.15) is 0 Å². The van der Waals surface area contributed by atoms with E-state index in [0.29, 0.717) is 6.29 Å². The number of Topliss-reactive ketones (excluding diaryl/α,β-unsaturated/α-hetero) is 2. The van der Waals surface area contributed by atoms with Gasteiger partial charge in [0.1, 0.15) is 29.6 Å². The number of phenols is 2. The van der Waals surface area contributed by atoms with Crippen LogP contribution in [0.25, 0.3) is 0 Å². The molecule has 4 atom stereocenters. The highest BCUT2D eigenvalue weighted by Crippen LogP contribution is 2.28. The van der Waals surface area contributed by atoms with Crippen molar-refractivity contribution in [1.29, 1.82) is 0 Å². The molecule has 37 heavy (non-hydrogen) atoms. The zero-order valence-corrected chi connectivity index (χ0v) is 21.0. The van der Waals surface area contributed by atoms with E-state index in [1.807, 2.05) is 12.2 Å². The molecule has 1 fully saturated rings. The van der Waals surface area contributed by atoms with Crippen LogP contribution in [0.3, 0.4) is 0 Å². The predicted octanol–water partition coefficient (Wildman–Crippen LogP) is 3.56. The Labute approximate surface area is 216 Å². The largest absolute Gasteiger partial charge is 0.508 e. The number of unbranched alkanes of at least 4 members (excludes halogenated alkanes) is 1. The Hall–Kier alpha value is -3.75. The van der Waals surface area contributed by atoms with Gasteiger partial charge in [0.2, 0.25) is 0 Å². The van der Waals surface area contributed by atoms with E-state index < -0.39 is 23.9 Å². The van der Waals surface area contributed by atoms with Gasteiger partial charge in [-0.3, -0.25) is 9.59 Å². The van der Waals surface area contributed by atoms with Crippen LogP contribution in [0.2, 0.25) is 0 Å². The van der Waals surface area contributed by atoms with Crippen LogP contribution in [-0.2, 0) is 16.0 Å². The van der Waals surface area contributed by atoms with Crippen LogP contribution in [-0.4, -0.2) is 57.6 Å². The summed E-state index contributed by atoms with van der Waals surface area (Å²) >= 11 is 0. The zero-order valence-electron chi connectivity index (χ0n) is 21.0. The molecule has 0 spiro atoms. The SMILES string of the molecule is CCCC=CC=CC1CC(O)C(O)C(=O)C1C=O.COc1ccc(CC(=O)c2ccc(O)cc2O)cc1. The number of aliphatic hydroxyl groups excluding tert-OH is 2. The average Bonchev–Trinajstić information content (AvgIpc) is 2.88. The van der Waals surface area contributed by atoms with Crippen LogP contribution in [0, 0.1) is 11.8 Å². The predicted molar refractivity (Wildman–Crippen MR) is 139 cm³/mol. The van der Waals surface area contributed by atoms with E-state index in [0.717, 1.165) is 30.2 Å². The highest BCUT2D eigenvalue weighted by Gasteiger charge is 2.41. The normalized spacial score (nSPS) is 21.5. The van der Waals surface area contributed by atoms with Gasteiger partial charge < -0.3 is 30.0 Å². The third-order valence-electron chi connectivity index (χ3n) is 5.97. The highest BCUT2D eigenvalue weighted by atomic mass is 16.5. The van der Waals surface area contributed by atoms with Crippen LogP contribution in [0.1, 0.15) is 42.1 Å². The number of rotatable bonds is 9. The Morgan fingerprint density at radius 2 is 1.78 bits per heavy atom. The third-order valence-corrected chi connectivity index (χ3v) is 5.97. The Kier molecular flexibility index (Phi) is 11.7. The van der Waals surface area contributed by atoms with Crippen LogP contribution in [0.15, 0.2) is 66.8 Å². The van der Waals surface area contributed by atoms with Crippen molar-refractivity contribution in [3.05, 3.63) is 77.9 Å². The topological polar surface area (TPSA) is 141 Å². The van der Waals surface area contributed by atoms with Crippen molar-refractivity contribution in [3.63, 3.8) is 0 Å². The summed E-state index contributed by atoms with van der Waals surface area (Å²) in [5.41, 5.74) is 1.03. The minimum atomic E-state index is -1.43. The molecule has 8 nitrogen and oxygen atoms in total. The summed E-state index contributed by atoms with van der Waals surface area (Å²) in [7, 11) is 1.58. The van der Waals surface area contributed by atoms with E-state index in [-0.39, 0.29) is 41.6 Å². The number of carbonyl (C=O) groups is 3. The first-order valence-corrected chi connectivity index (χ1v) is 12.1. The molecule has 1 saturated carbocycles. The number of phenolic OH excluding ortho intramolecular Hbond substituents is 2. The number of ketones is 2. The molecule has 0 radical (unpaired) electrons. The molecule has 1 aliphatic rings. The summed E-state index contributed by atoms with van der Waals surface area (Å²) in [5, 5.41) is 37.7. The summed E-state index contributed by atoms with van der Waals surface area (Å²) in [6.07, 6.45) is 7.91. The Morgan fingerprint density at radius 1 is 1.08 bits per heavy atom. The third kappa shape index (κ3) is 8.70. The minimum Gasteiger partial charge on any atom is -0.508 e. The lowest BCUT2D eigenvalue weighted by atomic mass is 9.76. The molecule has 0 heterocycles. The van der Waals surface area contributed by atoms with Gasteiger partial charge >= 0.3 is 0 Å². The number of aldehydes is 1. The highest BCUT2D eigenvalue weighted by molar-refractivity contribution is 6.00. The number of benzene rings is 2. The smallest absolute Gasteiger partial charge is 0.174 e. The standard InChI is InChI=1S/C15H14O4.C14H20O4/c1-19-12-5-2-10(3-6-12)8-14(17)13-7-4-11(16)9-15(13)18;1-2-3-4-5-6-7-10-8-12(16)14(18)13(17)11(10)9-15/h2-7,9,16,18H,8H2,1H3;4-7,9-12,14,16,18H,2-3,8H2,1H3. The van der Waals surface area contributed by atoms with Crippen molar-refractivity contribution in [2.24, 2.45) is 11.8 Å². The molecular formula is C29H34O8. The molecule has 0 amide bonds. The number of aromatic hydroxyl groups is 2. The van der Waals surface area contributed by atoms with Crippen LogP contribution >= 0.6 is 0 Å². The Morgan fingerprint density at radius 3 is 2.38 bits per heavy atom. The van der Waals surface area contributed by atoms with E-state index in [9.17, 15) is 34.8 Å². The molecule has 0 saturated heterocycles. The summed E-state index contributed by atoms with van der Waals surface area (Å²) in [6, 6.07) is 11.1. The van der Waals surface area contributed by atoms with Crippen molar-refractivity contribution < 1.29 is 39.5 Å². The quantitative estimate of drug-likeness (QED) is 0.174. The molecule has 0 aromatic heterocycles. The number of carbonyl (C=O) groups excluding carboxylic acids is 3. The second kappa shape index (κ2) is 14.7. The Balaban J connectivity index is 0.000000261. The lowest BCUT2D eigenvalue weighted by molar-refractivity contribution is -0.146. The van der Waals surface area contributed by atoms with E-state index in [1.165, 1.54) is 12.1 Å². The fourth-order valence-corrected chi connectivity index (χ4v) is 3.85. The van der Waals surface area contributed by atoms with E-state index >= 15 is 0 Å². The van der Waals surface area contributed by atoms with Crippen molar-refractivity contribution in [3.8, 4) is 17.2 Å². The van der Waals surface area contributed by atoms with Gasteiger partial charge in [0.25, 0.3) is 0 Å². The van der Waals surface area contributed by atoms with Gasteiger partial charge in [-0.05, 0) is 48.6 Å². The maximum atomic E-state index is 12.0. The second-order valence-corrected chi connectivity index (χ2v) is 8.73. The first-order valence-electron chi connectivity index (χ1n) is 12.1. The molecule has 0 aliphatic heterocycles. The van der Waals surface area contributed by atoms with Crippen LogP contribution in [0.4, 0.5) is 0 Å². The molecule has 1 aliphatic carbocycles. The summed E-state index contributed by atoms with van der Waals surface area (Å²) in [6.45, 7) is 2.08. The molecule has 3 rings (SSSR count). The van der Waals surface area contributed by atoms with Crippen molar-refractivity contribution >= 4 is 17.9 Å². The molecule has 4 unspecified atom stereocenters. The van der Waals surface area contributed by atoms with Gasteiger partial charge in [-0.15, -0.1) is 0 Å². The number of ether oxygens (including phenoxy) is 1. The molecule has 2 aromatic rings. The molecule has 2 aromatic carbocycles. The summed E-state index contributed by atoms with van der Waals surface area (Å²) < 4.78 is 5.04. The fourth-order valence-electron chi connectivity index (χ4n) is 3.85. The number of hydrogen-bond donors (Lipinski definition) is 4. The average molecular weight is 511 g/mol. The van der Waals surface area contributed by atoms with Gasteiger partial charge in [-0.25, -0.2) is 0 Å². The molecule has 0 bridgehead atoms. The van der Waals surface area contributed by atoms with Gasteiger partial charge in [-0.1, -0.05) is 49.8 Å². The molecule has 4 N–H and O–H groups in total. The second-order valence-electron chi connectivity index (χ2n) is 8.73. The molecular weight excluding hydrogens is 476 g/mol. The van der Waals surface area contributed by atoms with Crippen LogP contribution in [0.5, 0.6) is 17.2 Å². The molecule has 198 valence electrons. The van der Waals surface area contributed by atoms with Crippen molar-refractivity contribution in [2.45, 2.75) is 44.8 Å². The maximum Gasteiger partial charge on any atom is 0.174 e. The number of hydrogen-bond acceptors (Lipinski definition) is 8. The summed E-state index contributed by atoms with van der Waals surface area (Å²) in [5.74, 6) is -1.53. The van der Waals surface area contributed by atoms with Crippen molar-refractivity contribution in [2.75, 3.05) is 7.11 Å². The maximum absolute atomic E-state index is 12.0. The minimum absolute atomic E-state index is 0.0708. The van der Waals surface area contributed by atoms with Crippen molar-refractivity contribution in [1.82, 2.24) is 0 Å². The van der Waals surface area contributed by atoms with Crippen LogP contribution < -0.4 is 4.74 Å². The van der Waals surface area contributed by atoms with Gasteiger partial charge in [0.05, 0.1) is 24.7 Å². The van der Waals surface area contributed by atoms with Gasteiger partial charge in [0, 0.05) is 12.5 Å². The number of aliphatic hydroxyl groups is 2.